The third-order valence-electron chi connectivity index (χ3n) is 1.27. The Bertz CT molecular complexity index is 246. The van der Waals surface area contributed by atoms with Gasteiger partial charge in [-0.05, 0) is 19.1 Å². The summed E-state index contributed by atoms with van der Waals surface area (Å²) in [5, 5.41) is 3.09. The molecule has 0 spiro atoms. The fourth-order valence-electron chi connectivity index (χ4n) is 0.776. The van der Waals surface area contributed by atoms with Crippen molar-refractivity contribution in [3.05, 3.63) is 30.3 Å². The highest BCUT2D eigenvalue weighted by molar-refractivity contribution is 8.23. The first-order valence-electron chi connectivity index (χ1n) is 3.83. The lowest BCUT2D eigenvalue weighted by atomic mass is 10.4. The molecule has 3 heteroatoms. The summed E-state index contributed by atoms with van der Waals surface area (Å²) < 4.78 is 0.837. The second kappa shape index (κ2) is 5.17. The van der Waals surface area contributed by atoms with Crippen LogP contribution in [-0.4, -0.2) is 10.9 Å². The summed E-state index contributed by atoms with van der Waals surface area (Å²) in [5.41, 5.74) is 0. The molecule has 1 nitrogen and oxygen atoms in total. The first-order valence-corrected chi connectivity index (χ1v) is 5.06. The molecule has 0 radical (unpaired) electrons. The van der Waals surface area contributed by atoms with Gasteiger partial charge in [0.1, 0.15) is 4.32 Å². The highest BCUT2D eigenvalue weighted by Crippen LogP contribution is 2.17. The average molecular weight is 197 g/mol. The molecule has 0 amide bonds. The van der Waals surface area contributed by atoms with Gasteiger partial charge in [-0.25, -0.2) is 0 Å². The van der Waals surface area contributed by atoms with Crippen molar-refractivity contribution < 1.29 is 0 Å². The fourth-order valence-corrected chi connectivity index (χ4v) is 1.93. The van der Waals surface area contributed by atoms with Gasteiger partial charge in [0.05, 0.1) is 0 Å². The number of benzene rings is 1. The summed E-state index contributed by atoms with van der Waals surface area (Å²) in [7, 11) is 0. The summed E-state index contributed by atoms with van der Waals surface area (Å²) in [4.78, 5) is 1.18. The van der Waals surface area contributed by atoms with Crippen molar-refractivity contribution >= 4 is 28.3 Å². The first-order chi connectivity index (χ1) is 5.83. The Balaban J connectivity index is 2.47. The third-order valence-corrected chi connectivity index (χ3v) is 2.51. The Kier molecular flexibility index (Phi) is 4.11. The Morgan fingerprint density at radius 2 is 2.08 bits per heavy atom. The van der Waals surface area contributed by atoms with E-state index in [2.05, 4.69) is 5.32 Å². The van der Waals surface area contributed by atoms with Gasteiger partial charge in [0.25, 0.3) is 0 Å². The van der Waals surface area contributed by atoms with Gasteiger partial charge < -0.3 is 5.32 Å². The predicted molar refractivity (Wildman–Crippen MR) is 58.6 cm³/mol. The maximum Gasteiger partial charge on any atom is 0.138 e. The molecule has 64 valence electrons. The molecule has 0 fully saturated rings. The zero-order valence-electron chi connectivity index (χ0n) is 6.91. The molecule has 0 unspecified atom stereocenters. The molecular weight excluding hydrogens is 186 g/mol. The maximum absolute atomic E-state index is 5.09. The number of hydrogen-bond donors (Lipinski definition) is 1. The van der Waals surface area contributed by atoms with Crippen LogP contribution in [0.5, 0.6) is 0 Å². The SMILES string of the molecule is CCNC(=S)Sc1ccccc1. The van der Waals surface area contributed by atoms with E-state index in [0.717, 1.165) is 10.9 Å². The molecule has 0 saturated carbocycles. The molecule has 0 aliphatic carbocycles. The lowest BCUT2D eigenvalue weighted by Crippen LogP contribution is -2.16. The van der Waals surface area contributed by atoms with Gasteiger partial charge in [-0.2, -0.15) is 0 Å². The van der Waals surface area contributed by atoms with Gasteiger partial charge in [0.15, 0.2) is 0 Å². The van der Waals surface area contributed by atoms with E-state index in [9.17, 15) is 0 Å². The van der Waals surface area contributed by atoms with E-state index in [1.165, 1.54) is 4.90 Å². The van der Waals surface area contributed by atoms with Gasteiger partial charge in [-0.15, -0.1) is 0 Å². The van der Waals surface area contributed by atoms with Crippen molar-refractivity contribution in [3.8, 4) is 0 Å². The summed E-state index contributed by atoms with van der Waals surface area (Å²) >= 11 is 6.68. The zero-order chi connectivity index (χ0) is 8.81. The van der Waals surface area contributed by atoms with Gasteiger partial charge in [-0.1, -0.05) is 42.2 Å². The fraction of sp³-hybridized carbons (Fsp3) is 0.222. The largest absolute Gasteiger partial charge is 0.371 e. The second-order valence-electron chi connectivity index (χ2n) is 2.23. The second-order valence-corrected chi connectivity index (χ2v) is 3.98. The number of thioether (sulfide) groups is 1. The summed E-state index contributed by atoms with van der Waals surface area (Å²) in [6.07, 6.45) is 0. The van der Waals surface area contributed by atoms with Gasteiger partial charge in [0, 0.05) is 11.4 Å². The minimum absolute atomic E-state index is 0.837. The van der Waals surface area contributed by atoms with Crippen molar-refractivity contribution in [1.82, 2.24) is 5.32 Å². The highest BCUT2D eigenvalue weighted by atomic mass is 32.2. The lowest BCUT2D eigenvalue weighted by Gasteiger charge is -2.03. The molecule has 1 N–H and O–H groups in total. The topological polar surface area (TPSA) is 12.0 Å². The molecule has 12 heavy (non-hydrogen) atoms. The number of hydrogen-bond acceptors (Lipinski definition) is 2. The number of thiocarbonyl (C=S) groups is 1. The Hall–Kier alpha value is -0.540. The van der Waals surface area contributed by atoms with Crippen LogP contribution in [0.1, 0.15) is 6.92 Å². The van der Waals surface area contributed by atoms with Crippen LogP contribution in [0.15, 0.2) is 35.2 Å². The molecule has 0 saturated heterocycles. The van der Waals surface area contributed by atoms with Crippen LogP contribution >= 0.6 is 24.0 Å². The third kappa shape index (κ3) is 3.24. The summed E-state index contributed by atoms with van der Waals surface area (Å²) in [6, 6.07) is 10.1. The quantitative estimate of drug-likeness (QED) is 0.578. The monoisotopic (exact) mass is 197 g/mol. The van der Waals surface area contributed by atoms with Crippen LogP contribution in [-0.2, 0) is 0 Å². The Morgan fingerprint density at radius 1 is 1.42 bits per heavy atom. The van der Waals surface area contributed by atoms with E-state index in [-0.39, 0.29) is 0 Å². The number of rotatable bonds is 2. The molecule has 1 rings (SSSR count). The van der Waals surface area contributed by atoms with Crippen LogP contribution in [0.2, 0.25) is 0 Å². The highest BCUT2D eigenvalue weighted by Gasteiger charge is 1.96. The van der Waals surface area contributed by atoms with Crippen LogP contribution in [0.3, 0.4) is 0 Å². The molecule has 0 aliphatic heterocycles. The van der Waals surface area contributed by atoms with Crippen molar-refractivity contribution in [2.45, 2.75) is 11.8 Å². The minimum Gasteiger partial charge on any atom is -0.371 e. The smallest absolute Gasteiger partial charge is 0.138 e. The molecule has 1 aromatic carbocycles. The van der Waals surface area contributed by atoms with E-state index in [1.54, 1.807) is 11.8 Å². The van der Waals surface area contributed by atoms with Crippen LogP contribution in [0.25, 0.3) is 0 Å². The van der Waals surface area contributed by atoms with Crippen LogP contribution in [0.4, 0.5) is 0 Å². The van der Waals surface area contributed by atoms with Crippen LogP contribution < -0.4 is 5.32 Å². The van der Waals surface area contributed by atoms with E-state index in [4.69, 9.17) is 12.2 Å². The van der Waals surface area contributed by atoms with Crippen molar-refractivity contribution in [2.24, 2.45) is 0 Å². The number of nitrogens with one attached hydrogen (secondary N) is 1. The Morgan fingerprint density at radius 3 is 2.67 bits per heavy atom. The lowest BCUT2D eigenvalue weighted by molar-refractivity contribution is 0.995. The molecule has 0 atom stereocenters. The first kappa shape index (κ1) is 9.55. The van der Waals surface area contributed by atoms with Gasteiger partial charge in [0.2, 0.25) is 0 Å². The van der Waals surface area contributed by atoms with Crippen molar-refractivity contribution in [3.63, 3.8) is 0 Å². The minimum atomic E-state index is 0.837. The molecule has 0 aliphatic rings. The van der Waals surface area contributed by atoms with Gasteiger partial charge in [-0.3, -0.25) is 0 Å². The predicted octanol–water partition coefficient (Wildman–Crippen LogP) is 2.67. The zero-order valence-corrected chi connectivity index (χ0v) is 8.54. The normalized spacial score (nSPS) is 9.42. The van der Waals surface area contributed by atoms with E-state index in [1.807, 2.05) is 37.3 Å². The van der Waals surface area contributed by atoms with Gasteiger partial charge >= 0.3 is 0 Å². The van der Waals surface area contributed by atoms with E-state index < -0.39 is 0 Å². The Labute approximate surface area is 82.6 Å². The molecular formula is C9H11NS2. The maximum atomic E-state index is 5.09. The summed E-state index contributed by atoms with van der Waals surface area (Å²) in [5.74, 6) is 0. The standard InChI is InChI=1S/C9H11NS2/c1-2-10-9(11)12-8-6-4-3-5-7-8/h3-7H,2H2,1H3,(H,10,11). The van der Waals surface area contributed by atoms with Crippen molar-refractivity contribution in [1.29, 1.82) is 0 Å². The molecule has 0 heterocycles. The van der Waals surface area contributed by atoms with E-state index >= 15 is 0 Å². The molecule has 1 aromatic rings. The molecule has 0 bridgehead atoms. The molecule has 0 aromatic heterocycles. The summed E-state index contributed by atoms with van der Waals surface area (Å²) in [6.45, 7) is 2.93. The van der Waals surface area contributed by atoms with E-state index in [0.29, 0.717) is 0 Å². The van der Waals surface area contributed by atoms with Crippen LogP contribution in [0, 0.1) is 0 Å². The average Bonchev–Trinajstić information content (AvgIpc) is 2.06. The van der Waals surface area contributed by atoms with Crippen molar-refractivity contribution in [2.75, 3.05) is 6.54 Å².